The largest absolute Gasteiger partial charge is 0.398 e. The third-order valence-electron chi connectivity index (χ3n) is 3.10. The fourth-order valence-electron chi connectivity index (χ4n) is 1.93. The smallest absolute Gasteiger partial charge is 0.274 e. The normalized spacial score (nSPS) is 12.1. The van der Waals surface area contributed by atoms with Crippen molar-refractivity contribution in [3.05, 3.63) is 62.1 Å². The van der Waals surface area contributed by atoms with E-state index in [1.807, 2.05) is 0 Å². The number of nitrogens with zero attached hydrogens (tertiary/aromatic N) is 1. The van der Waals surface area contributed by atoms with E-state index in [1.54, 1.807) is 37.3 Å². The molecule has 0 amide bonds. The van der Waals surface area contributed by atoms with Gasteiger partial charge in [0.05, 0.1) is 21.5 Å². The molecule has 2 rings (SSSR count). The molecule has 1 atom stereocenters. The Hall–Kier alpha value is -1.73. The zero-order valence-electron chi connectivity index (χ0n) is 11.2. The van der Waals surface area contributed by atoms with Crippen LogP contribution in [-0.2, 0) is 16.6 Å². The molecule has 0 radical (unpaired) electrons. The fraction of sp³-hybridized carbons (Fsp3) is 0.143. The van der Waals surface area contributed by atoms with Gasteiger partial charge >= 0.3 is 0 Å². The van der Waals surface area contributed by atoms with Gasteiger partial charge in [-0.15, -0.1) is 0 Å². The van der Waals surface area contributed by atoms with E-state index in [0.717, 1.165) is 5.56 Å². The number of benzene rings is 2. The van der Waals surface area contributed by atoms with Crippen LogP contribution < -0.4 is 5.73 Å². The Labute approximate surface area is 132 Å². The minimum atomic E-state index is -1.39. The monoisotopic (exact) mass is 368 g/mol. The summed E-state index contributed by atoms with van der Waals surface area (Å²) in [6.45, 7) is 1.79. The Morgan fingerprint density at radius 2 is 2.05 bits per heavy atom. The van der Waals surface area contributed by atoms with E-state index in [9.17, 15) is 14.3 Å². The van der Waals surface area contributed by atoms with E-state index in [-0.39, 0.29) is 11.4 Å². The molecule has 0 saturated carbocycles. The molecule has 2 N–H and O–H groups in total. The van der Waals surface area contributed by atoms with Gasteiger partial charge in [-0.1, -0.05) is 28.1 Å². The molecule has 0 aliphatic carbocycles. The van der Waals surface area contributed by atoms with Crippen molar-refractivity contribution in [1.82, 2.24) is 0 Å². The van der Waals surface area contributed by atoms with Crippen molar-refractivity contribution in [3.8, 4) is 0 Å². The van der Waals surface area contributed by atoms with Crippen LogP contribution in [0.15, 0.2) is 45.8 Å². The minimum absolute atomic E-state index is 0.0423. The number of rotatable bonds is 4. The number of halogens is 1. The fourth-order valence-corrected chi connectivity index (χ4v) is 3.65. The van der Waals surface area contributed by atoms with Crippen molar-refractivity contribution >= 4 is 38.1 Å². The van der Waals surface area contributed by atoms with E-state index in [4.69, 9.17) is 5.73 Å². The molecule has 0 aromatic heterocycles. The van der Waals surface area contributed by atoms with Crippen molar-refractivity contribution < 1.29 is 9.13 Å². The molecule has 5 nitrogen and oxygen atoms in total. The number of anilines is 1. The standard InChI is InChI=1S/C14H13BrN2O3S/c1-9-12(16)3-2-4-14(9)21(20)8-10-5-6-11(15)7-13(10)17(18)19/h2-7H,8,16H2,1H3. The average molecular weight is 369 g/mol. The predicted molar refractivity (Wildman–Crippen MR) is 86.5 cm³/mol. The van der Waals surface area contributed by atoms with Gasteiger partial charge in [-0.3, -0.25) is 14.3 Å². The molecule has 110 valence electrons. The molecule has 1 unspecified atom stereocenters. The summed E-state index contributed by atoms with van der Waals surface area (Å²) in [7, 11) is -1.39. The number of hydrogen-bond acceptors (Lipinski definition) is 4. The highest BCUT2D eigenvalue weighted by atomic mass is 79.9. The summed E-state index contributed by atoms with van der Waals surface area (Å²) < 4.78 is 13.1. The lowest BCUT2D eigenvalue weighted by Crippen LogP contribution is -2.03. The second kappa shape index (κ2) is 6.36. The van der Waals surface area contributed by atoms with Crippen LogP contribution in [0.1, 0.15) is 11.1 Å². The van der Waals surface area contributed by atoms with Crippen LogP contribution in [0.25, 0.3) is 0 Å². The van der Waals surface area contributed by atoms with Crippen molar-refractivity contribution in [1.29, 1.82) is 0 Å². The number of nitro benzene ring substituents is 1. The van der Waals surface area contributed by atoms with E-state index >= 15 is 0 Å². The first-order valence-electron chi connectivity index (χ1n) is 6.06. The third-order valence-corrected chi connectivity index (χ3v) is 5.10. The Balaban J connectivity index is 2.36. The van der Waals surface area contributed by atoms with Crippen molar-refractivity contribution in [2.75, 3.05) is 5.73 Å². The highest BCUT2D eigenvalue weighted by molar-refractivity contribution is 9.10. The van der Waals surface area contributed by atoms with Gasteiger partial charge in [0.2, 0.25) is 0 Å². The molecule has 0 bridgehead atoms. The molecular formula is C14H13BrN2O3S. The first-order valence-corrected chi connectivity index (χ1v) is 8.17. The Morgan fingerprint density at radius 1 is 1.33 bits per heavy atom. The molecule has 7 heteroatoms. The Kier molecular flexibility index (Phi) is 4.74. The van der Waals surface area contributed by atoms with E-state index in [1.165, 1.54) is 6.07 Å². The van der Waals surface area contributed by atoms with Gasteiger partial charge in [0.25, 0.3) is 5.69 Å². The lowest BCUT2D eigenvalue weighted by atomic mass is 10.2. The van der Waals surface area contributed by atoms with E-state index < -0.39 is 15.7 Å². The molecule has 0 saturated heterocycles. The van der Waals surface area contributed by atoms with Gasteiger partial charge in [0.15, 0.2) is 0 Å². The van der Waals surface area contributed by atoms with Crippen LogP contribution in [-0.4, -0.2) is 9.13 Å². The van der Waals surface area contributed by atoms with Crippen LogP contribution >= 0.6 is 15.9 Å². The van der Waals surface area contributed by atoms with Crippen LogP contribution in [0.5, 0.6) is 0 Å². The van der Waals surface area contributed by atoms with Crippen LogP contribution in [0.4, 0.5) is 11.4 Å². The zero-order valence-corrected chi connectivity index (χ0v) is 13.6. The van der Waals surface area contributed by atoms with Crippen LogP contribution in [0.2, 0.25) is 0 Å². The summed E-state index contributed by atoms with van der Waals surface area (Å²) >= 11 is 3.20. The number of hydrogen-bond donors (Lipinski definition) is 1. The summed E-state index contributed by atoms with van der Waals surface area (Å²) in [6.07, 6.45) is 0. The second-order valence-electron chi connectivity index (χ2n) is 4.49. The molecule has 0 spiro atoms. The highest BCUT2D eigenvalue weighted by Crippen LogP contribution is 2.27. The topological polar surface area (TPSA) is 86.2 Å². The van der Waals surface area contributed by atoms with Crippen molar-refractivity contribution in [2.24, 2.45) is 0 Å². The second-order valence-corrected chi connectivity index (χ2v) is 6.83. The van der Waals surface area contributed by atoms with Gasteiger partial charge in [0.1, 0.15) is 0 Å². The van der Waals surface area contributed by atoms with E-state index in [2.05, 4.69) is 15.9 Å². The van der Waals surface area contributed by atoms with Gasteiger partial charge < -0.3 is 5.73 Å². The summed E-state index contributed by atoms with van der Waals surface area (Å²) in [6, 6.07) is 9.92. The van der Waals surface area contributed by atoms with Crippen LogP contribution in [0.3, 0.4) is 0 Å². The maximum absolute atomic E-state index is 12.5. The van der Waals surface area contributed by atoms with Crippen molar-refractivity contribution in [2.45, 2.75) is 17.6 Å². The van der Waals surface area contributed by atoms with Crippen molar-refractivity contribution in [3.63, 3.8) is 0 Å². The van der Waals surface area contributed by atoms with Gasteiger partial charge in [0, 0.05) is 26.7 Å². The first kappa shape index (κ1) is 15.7. The average Bonchev–Trinajstić information content (AvgIpc) is 2.43. The van der Waals surface area contributed by atoms with Gasteiger partial charge in [-0.2, -0.15) is 0 Å². The number of nitrogen functional groups attached to an aromatic ring is 1. The molecule has 0 fully saturated rings. The third kappa shape index (κ3) is 3.48. The Bertz CT molecular complexity index is 734. The zero-order chi connectivity index (χ0) is 15.6. The molecular weight excluding hydrogens is 356 g/mol. The van der Waals surface area contributed by atoms with Gasteiger partial charge in [-0.25, -0.2) is 0 Å². The quantitative estimate of drug-likeness (QED) is 0.507. The van der Waals surface area contributed by atoms with Gasteiger partial charge in [-0.05, 0) is 30.7 Å². The maximum Gasteiger partial charge on any atom is 0.274 e. The molecule has 21 heavy (non-hydrogen) atoms. The maximum atomic E-state index is 12.5. The Morgan fingerprint density at radius 3 is 2.71 bits per heavy atom. The van der Waals surface area contributed by atoms with E-state index in [0.29, 0.717) is 20.6 Å². The minimum Gasteiger partial charge on any atom is -0.398 e. The SMILES string of the molecule is Cc1c(N)cccc1S(=O)Cc1ccc(Br)cc1[N+](=O)[O-]. The van der Waals surface area contributed by atoms with Crippen LogP contribution in [0, 0.1) is 17.0 Å². The first-order chi connectivity index (χ1) is 9.90. The predicted octanol–water partition coefficient (Wildman–Crippen LogP) is 3.56. The lowest BCUT2D eigenvalue weighted by Gasteiger charge is -2.08. The number of nitrogens with two attached hydrogens (primary N) is 1. The summed E-state index contributed by atoms with van der Waals surface area (Å²) in [5, 5.41) is 11.1. The summed E-state index contributed by atoms with van der Waals surface area (Å²) in [5.41, 5.74) is 7.50. The molecule has 0 aliphatic rings. The summed E-state index contributed by atoms with van der Waals surface area (Å²) in [5.74, 6) is 0.0773. The highest BCUT2D eigenvalue weighted by Gasteiger charge is 2.18. The molecule has 0 aliphatic heterocycles. The molecule has 2 aromatic carbocycles. The lowest BCUT2D eigenvalue weighted by molar-refractivity contribution is -0.385. The molecule has 0 heterocycles. The molecule has 2 aromatic rings. The summed E-state index contributed by atoms with van der Waals surface area (Å²) in [4.78, 5) is 11.2. The number of nitro groups is 1.